The fourth-order valence-electron chi connectivity index (χ4n) is 2.26. The molecule has 3 rings (SSSR count). The van der Waals surface area contributed by atoms with Crippen LogP contribution >= 0.6 is 0 Å². The highest BCUT2D eigenvalue weighted by Gasteiger charge is 2.12. The minimum absolute atomic E-state index is 0.197. The molecule has 0 radical (unpaired) electrons. The van der Waals surface area contributed by atoms with Crippen molar-refractivity contribution in [2.45, 2.75) is 6.54 Å². The van der Waals surface area contributed by atoms with Crippen molar-refractivity contribution in [2.24, 2.45) is 0 Å². The zero-order valence-electron chi connectivity index (χ0n) is 11.5. The van der Waals surface area contributed by atoms with Gasteiger partial charge in [-0.25, -0.2) is 4.79 Å². The van der Waals surface area contributed by atoms with Gasteiger partial charge in [-0.3, -0.25) is 9.36 Å². The Morgan fingerprint density at radius 1 is 1.19 bits per heavy atom. The number of nitrogens with zero attached hydrogens (tertiary/aromatic N) is 1. The van der Waals surface area contributed by atoms with Crippen LogP contribution < -0.4 is 11.1 Å². The summed E-state index contributed by atoms with van der Waals surface area (Å²) in [6, 6.07) is 14.6. The first-order valence-corrected chi connectivity index (χ1v) is 6.58. The van der Waals surface area contributed by atoms with Crippen molar-refractivity contribution in [2.75, 3.05) is 7.05 Å². The van der Waals surface area contributed by atoms with Gasteiger partial charge >= 0.3 is 5.76 Å². The van der Waals surface area contributed by atoms with E-state index in [4.69, 9.17) is 4.42 Å². The Balaban J connectivity index is 2.10. The summed E-state index contributed by atoms with van der Waals surface area (Å²) in [5.41, 5.74) is 2.58. The summed E-state index contributed by atoms with van der Waals surface area (Å²) in [4.78, 5) is 23.7. The second kappa shape index (κ2) is 5.28. The number of hydrogen-bond donors (Lipinski definition) is 1. The second-order valence-corrected chi connectivity index (χ2v) is 4.70. The summed E-state index contributed by atoms with van der Waals surface area (Å²) < 4.78 is 6.74. The van der Waals surface area contributed by atoms with Crippen LogP contribution in [0.2, 0.25) is 0 Å². The molecule has 0 bridgehead atoms. The molecule has 1 heterocycles. The van der Waals surface area contributed by atoms with Gasteiger partial charge in [-0.05, 0) is 23.8 Å². The van der Waals surface area contributed by atoms with Crippen molar-refractivity contribution < 1.29 is 9.21 Å². The molecule has 0 atom stereocenters. The van der Waals surface area contributed by atoms with Crippen LogP contribution in [0.25, 0.3) is 11.1 Å². The molecule has 0 fully saturated rings. The van der Waals surface area contributed by atoms with E-state index in [0.29, 0.717) is 23.2 Å². The lowest BCUT2D eigenvalue weighted by Crippen LogP contribution is -2.18. The first-order chi connectivity index (χ1) is 10.2. The molecular formula is C16H14N2O3. The zero-order valence-corrected chi connectivity index (χ0v) is 11.5. The van der Waals surface area contributed by atoms with Crippen LogP contribution in [0.3, 0.4) is 0 Å². The third-order valence-corrected chi connectivity index (χ3v) is 3.34. The van der Waals surface area contributed by atoms with E-state index in [-0.39, 0.29) is 5.91 Å². The molecule has 0 saturated carbocycles. The molecule has 106 valence electrons. The van der Waals surface area contributed by atoms with E-state index in [9.17, 15) is 9.59 Å². The van der Waals surface area contributed by atoms with E-state index < -0.39 is 5.76 Å². The highest BCUT2D eigenvalue weighted by molar-refractivity contribution is 5.96. The lowest BCUT2D eigenvalue weighted by atomic mass is 10.2. The third kappa shape index (κ3) is 2.45. The van der Waals surface area contributed by atoms with E-state index in [1.54, 1.807) is 25.2 Å². The van der Waals surface area contributed by atoms with Crippen molar-refractivity contribution in [1.82, 2.24) is 9.88 Å². The Morgan fingerprint density at radius 2 is 1.95 bits per heavy atom. The molecule has 1 aromatic heterocycles. The Morgan fingerprint density at radius 3 is 2.67 bits per heavy atom. The van der Waals surface area contributed by atoms with E-state index in [1.807, 2.05) is 30.3 Å². The number of benzene rings is 2. The molecule has 1 N–H and O–H groups in total. The summed E-state index contributed by atoms with van der Waals surface area (Å²) in [6.45, 7) is 0.407. The molecule has 5 heteroatoms. The van der Waals surface area contributed by atoms with E-state index in [0.717, 1.165) is 5.56 Å². The zero-order chi connectivity index (χ0) is 14.8. The van der Waals surface area contributed by atoms with Gasteiger partial charge in [-0.15, -0.1) is 0 Å². The summed E-state index contributed by atoms with van der Waals surface area (Å²) >= 11 is 0. The molecule has 2 aromatic carbocycles. The fraction of sp³-hybridized carbons (Fsp3) is 0.125. The number of oxazole rings is 1. The minimum atomic E-state index is -0.428. The van der Waals surface area contributed by atoms with Gasteiger partial charge in [0, 0.05) is 12.6 Å². The first kappa shape index (κ1) is 13.2. The molecular weight excluding hydrogens is 268 g/mol. The monoisotopic (exact) mass is 282 g/mol. The fourth-order valence-corrected chi connectivity index (χ4v) is 2.26. The van der Waals surface area contributed by atoms with Gasteiger partial charge in [-0.2, -0.15) is 0 Å². The molecule has 0 spiro atoms. The van der Waals surface area contributed by atoms with E-state index >= 15 is 0 Å². The molecule has 1 amide bonds. The Bertz CT molecular complexity index is 847. The molecule has 3 aromatic rings. The standard InChI is InChI=1S/C16H14N2O3/c1-17-15(19)12-7-8-14-13(9-12)18(16(20)21-14)10-11-5-3-2-4-6-11/h2-9H,10H2,1H3,(H,17,19). The van der Waals surface area contributed by atoms with Crippen LogP contribution in [0.5, 0.6) is 0 Å². The molecule has 21 heavy (non-hydrogen) atoms. The lowest BCUT2D eigenvalue weighted by molar-refractivity contribution is 0.0963. The quantitative estimate of drug-likeness (QED) is 0.799. The summed E-state index contributed by atoms with van der Waals surface area (Å²) in [5.74, 6) is -0.625. The maximum absolute atomic E-state index is 12.0. The lowest BCUT2D eigenvalue weighted by Gasteiger charge is -2.04. The normalized spacial score (nSPS) is 10.7. The first-order valence-electron chi connectivity index (χ1n) is 6.58. The second-order valence-electron chi connectivity index (χ2n) is 4.70. The number of nitrogens with one attached hydrogen (secondary N) is 1. The van der Waals surface area contributed by atoms with Crippen LogP contribution in [0, 0.1) is 0 Å². The van der Waals surface area contributed by atoms with Crippen LogP contribution in [0.4, 0.5) is 0 Å². The molecule has 0 aliphatic rings. The van der Waals surface area contributed by atoms with Crippen LogP contribution in [-0.4, -0.2) is 17.5 Å². The largest absolute Gasteiger partial charge is 0.420 e. The molecule has 0 aliphatic carbocycles. The van der Waals surface area contributed by atoms with E-state index in [2.05, 4.69) is 5.32 Å². The van der Waals surface area contributed by atoms with Gasteiger partial charge in [0.2, 0.25) is 0 Å². The van der Waals surface area contributed by atoms with Crippen molar-refractivity contribution >= 4 is 17.0 Å². The highest BCUT2D eigenvalue weighted by atomic mass is 16.4. The number of rotatable bonds is 3. The van der Waals surface area contributed by atoms with Crippen molar-refractivity contribution in [1.29, 1.82) is 0 Å². The minimum Gasteiger partial charge on any atom is -0.408 e. The van der Waals surface area contributed by atoms with Gasteiger partial charge in [0.05, 0.1) is 12.1 Å². The number of fused-ring (bicyclic) bond motifs is 1. The Hall–Kier alpha value is -2.82. The maximum Gasteiger partial charge on any atom is 0.420 e. The number of aromatic nitrogens is 1. The number of amides is 1. The average molecular weight is 282 g/mol. The van der Waals surface area contributed by atoms with Gasteiger partial charge in [0.25, 0.3) is 5.91 Å². The van der Waals surface area contributed by atoms with Crippen LogP contribution in [-0.2, 0) is 6.54 Å². The van der Waals surface area contributed by atoms with Gasteiger partial charge in [0.1, 0.15) is 0 Å². The smallest absolute Gasteiger partial charge is 0.408 e. The highest BCUT2D eigenvalue weighted by Crippen LogP contribution is 2.16. The van der Waals surface area contributed by atoms with Crippen LogP contribution in [0.1, 0.15) is 15.9 Å². The Labute approximate surface area is 120 Å². The molecule has 0 aliphatic heterocycles. The average Bonchev–Trinajstić information content (AvgIpc) is 2.83. The number of hydrogen-bond acceptors (Lipinski definition) is 3. The summed E-state index contributed by atoms with van der Waals surface area (Å²) in [5, 5.41) is 2.56. The summed E-state index contributed by atoms with van der Waals surface area (Å²) in [6.07, 6.45) is 0. The topological polar surface area (TPSA) is 64.2 Å². The molecule has 0 saturated heterocycles. The van der Waals surface area contributed by atoms with Gasteiger partial charge < -0.3 is 9.73 Å². The Kier molecular flexibility index (Phi) is 3.31. The predicted molar refractivity (Wildman–Crippen MR) is 79.4 cm³/mol. The predicted octanol–water partition coefficient (Wildman–Crippen LogP) is 2.00. The summed E-state index contributed by atoms with van der Waals surface area (Å²) in [7, 11) is 1.57. The molecule has 5 nitrogen and oxygen atoms in total. The van der Waals surface area contributed by atoms with Crippen molar-refractivity contribution in [3.63, 3.8) is 0 Å². The van der Waals surface area contributed by atoms with Crippen molar-refractivity contribution in [3.05, 3.63) is 70.2 Å². The maximum atomic E-state index is 12.0. The SMILES string of the molecule is CNC(=O)c1ccc2oc(=O)n(Cc3ccccc3)c2c1. The number of carbonyl (C=O) groups is 1. The van der Waals surface area contributed by atoms with Crippen molar-refractivity contribution in [3.8, 4) is 0 Å². The van der Waals surface area contributed by atoms with E-state index in [1.165, 1.54) is 4.57 Å². The van der Waals surface area contributed by atoms with Gasteiger partial charge in [0.15, 0.2) is 5.58 Å². The van der Waals surface area contributed by atoms with Crippen LogP contribution in [0.15, 0.2) is 57.7 Å². The third-order valence-electron chi connectivity index (χ3n) is 3.34. The number of carbonyl (C=O) groups excluding carboxylic acids is 1. The molecule has 0 unspecified atom stereocenters. The van der Waals surface area contributed by atoms with Gasteiger partial charge in [-0.1, -0.05) is 30.3 Å².